The summed E-state index contributed by atoms with van der Waals surface area (Å²) < 4.78 is 5.52. The van der Waals surface area contributed by atoms with Gasteiger partial charge in [-0.25, -0.2) is 4.79 Å². The fraction of sp³-hybridized carbons (Fsp3) is 0.250. The molecule has 0 amide bonds. The van der Waals surface area contributed by atoms with Gasteiger partial charge in [-0.1, -0.05) is 34.8 Å². The number of halogens is 3. The van der Waals surface area contributed by atoms with Crippen LogP contribution in [-0.4, -0.2) is 37.0 Å². The minimum absolute atomic E-state index is 0.0704. The van der Waals surface area contributed by atoms with Crippen LogP contribution in [0.1, 0.15) is 20.8 Å². The predicted octanol–water partition coefficient (Wildman–Crippen LogP) is 2.55. The Morgan fingerprint density at radius 3 is 2.48 bits per heavy atom. The van der Waals surface area contributed by atoms with Crippen molar-refractivity contribution in [2.24, 2.45) is 7.05 Å². The molecule has 21 heavy (non-hydrogen) atoms. The molecule has 112 valence electrons. The van der Waals surface area contributed by atoms with Crippen molar-refractivity contribution in [1.82, 2.24) is 14.3 Å². The summed E-state index contributed by atoms with van der Waals surface area (Å²) in [5, 5.41) is 4.15. The number of Topliss-reactive ketones (excluding diaryl/α,β-unsaturated/α-hetero) is 1. The molecule has 2 aromatic heterocycles. The number of carbonyl (C=O) groups is 2. The van der Waals surface area contributed by atoms with E-state index in [-0.39, 0.29) is 11.3 Å². The summed E-state index contributed by atoms with van der Waals surface area (Å²) in [7, 11) is 2.95. The van der Waals surface area contributed by atoms with Crippen molar-refractivity contribution in [2.75, 3.05) is 7.11 Å². The Kier molecular flexibility index (Phi) is 4.32. The summed E-state index contributed by atoms with van der Waals surface area (Å²) in [4.78, 5) is 23.8. The highest BCUT2D eigenvalue weighted by Crippen LogP contribution is 2.31. The maximum atomic E-state index is 12.0. The molecule has 0 unspecified atom stereocenters. The quantitative estimate of drug-likeness (QED) is 0.485. The van der Waals surface area contributed by atoms with Gasteiger partial charge in [0.25, 0.3) is 3.79 Å². The smallest absolute Gasteiger partial charge is 0.355 e. The molecule has 0 fully saturated rings. The highest BCUT2D eigenvalue weighted by molar-refractivity contribution is 6.77. The van der Waals surface area contributed by atoms with E-state index in [9.17, 15) is 9.59 Å². The van der Waals surface area contributed by atoms with Crippen molar-refractivity contribution >= 4 is 46.6 Å². The summed E-state index contributed by atoms with van der Waals surface area (Å²) in [6.45, 7) is 0. The van der Waals surface area contributed by atoms with Gasteiger partial charge in [0.15, 0.2) is 5.82 Å². The van der Waals surface area contributed by atoms with E-state index in [1.165, 1.54) is 23.9 Å². The topological polar surface area (TPSA) is 66.1 Å². The SMILES string of the molecule is COC(=O)c1cc(C(=O)C(Cl)(Cl)Cl)cn1-c1ccn(C)n1. The van der Waals surface area contributed by atoms with E-state index in [2.05, 4.69) is 9.84 Å². The second kappa shape index (κ2) is 5.71. The fourth-order valence-corrected chi connectivity index (χ4v) is 2.06. The summed E-state index contributed by atoms with van der Waals surface area (Å²) in [6, 6.07) is 2.96. The molecule has 2 rings (SSSR count). The van der Waals surface area contributed by atoms with Crippen molar-refractivity contribution in [3.63, 3.8) is 0 Å². The zero-order valence-corrected chi connectivity index (χ0v) is 13.3. The lowest BCUT2D eigenvalue weighted by atomic mass is 10.2. The van der Waals surface area contributed by atoms with E-state index < -0.39 is 15.5 Å². The van der Waals surface area contributed by atoms with Gasteiger partial charge in [-0.2, -0.15) is 5.10 Å². The zero-order chi connectivity index (χ0) is 15.8. The van der Waals surface area contributed by atoms with E-state index in [0.29, 0.717) is 5.82 Å². The molecule has 0 bridgehead atoms. The Hall–Kier alpha value is -1.50. The van der Waals surface area contributed by atoms with Crippen LogP contribution >= 0.6 is 34.8 Å². The third-order valence-electron chi connectivity index (χ3n) is 2.68. The van der Waals surface area contributed by atoms with E-state index >= 15 is 0 Å². The molecule has 0 aliphatic rings. The largest absolute Gasteiger partial charge is 0.464 e. The van der Waals surface area contributed by atoms with E-state index in [1.807, 2.05) is 0 Å². The maximum Gasteiger partial charge on any atom is 0.355 e. The van der Waals surface area contributed by atoms with Crippen LogP contribution in [0.15, 0.2) is 24.5 Å². The van der Waals surface area contributed by atoms with Crippen LogP contribution < -0.4 is 0 Å². The first-order valence-corrected chi connectivity index (χ1v) is 6.79. The average Bonchev–Trinajstić information content (AvgIpc) is 3.01. The van der Waals surface area contributed by atoms with Crippen molar-refractivity contribution in [3.05, 3.63) is 35.8 Å². The molecule has 0 atom stereocenters. The Balaban J connectivity index is 2.56. The van der Waals surface area contributed by atoms with Gasteiger partial charge in [-0.05, 0) is 6.07 Å². The summed E-state index contributed by atoms with van der Waals surface area (Å²) >= 11 is 16.7. The average molecular weight is 351 g/mol. The number of nitrogens with zero attached hydrogens (tertiary/aromatic N) is 3. The summed E-state index contributed by atoms with van der Waals surface area (Å²) in [5.41, 5.74) is 0.176. The van der Waals surface area contributed by atoms with Gasteiger partial charge >= 0.3 is 5.97 Å². The molecule has 0 spiro atoms. The predicted molar refractivity (Wildman–Crippen MR) is 78.5 cm³/mol. The van der Waals surface area contributed by atoms with Gasteiger partial charge in [0.2, 0.25) is 5.78 Å². The molecular weight excluding hydrogens is 341 g/mol. The number of ketones is 1. The zero-order valence-electron chi connectivity index (χ0n) is 11.0. The first-order valence-electron chi connectivity index (χ1n) is 5.66. The van der Waals surface area contributed by atoms with Crippen LogP contribution in [0.5, 0.6) is 0 Å². The van der Waals surface area contributed by atoms with Crippen LogP contribution in [0.2, 0.25) is 0 Å². The molecule has 0 saturated heterocycles. The fourth-order valence-electron chi connectivity index (χ4n) is 1.73. The number of esters is 1. The highest BCUT2D eigenvalue weighted by atomic mass is 35.6. The van der Waals surface area contributed by atoms with Crippen LogP contribution in [0.3, 0.4) is 0 Å². The van der Waals surface area contributed by atoms with E-state index in [1.54, 1.807) is 24.0 Å². The molecule has 0 saturated carbocycles. The lowest BCUT2D eigenvalue weighted by molar-refractivity contribution is 0.0591. The van der Waals surface area contributed by atoms with Crippen molar-refractivity contribution in [3.8, 4) is 5.82 Å². The standard InChI is InChI=1S/C12H10Cl3N3O3/c1-17-4-3-9(16-17)18-6-7(10(19)12(13,14)15)5-8(18)11(20)21-2/h3-6H,1-2H3. The van der Waals surface area contributed by atoms with Crippen LogP contribution in [0.4, 0.5) is 0 Å². The van der Waals surface area contributed by atoms with Crippen LogP contribution in [0, 0.1) is 0 Å². The Labute approximate surface area is 135 Å². The molecular formula is C12H10Cl3N3O3. The number of rotatable bonds is 3. The van der Waals surface area contributed by atoms with Crippen LogP contribution in [-0.2, 0) is 11.8 Å². The molecule has 0 aliphatic heterocycles. The molecule has 2 heterocycles. The first kappa shape index (κ1) is 15.9. The van der Waals surface area contributed by atoms with E-state index in [0.717, 1.165) is 0 Å². The van der Waals surface area contributed by atoms with Gasteiger partial charge in [0.1, 0.15) is 5.69 Å². The second-order valence-electron chi connectivity index (χ2n) is 4.15. The number of alkyl halides is 3. The number of aryl methyl sites for hydroxylation is 1. The summed E-state index contributed by atoms with van der Waals surface area (Å²) in [6.07, 6.45) is 3.06. The van der Waals surface area contributed by atoms with Gasteiger partial charge in [0, 0.05) is 31.1 Å². The van der Waals surface area contributed by atoms with Crippen molar-refractivity contribution < 1.29 is 14.3 Å². The van der Waals surface area contributed by atoms with E-state index in [4.69, 9.17) is 34.8 Å². The summed E-state index contributed by atoms with van der Waals surface area (Å²) in [5.74, 6) is -0.947. The maximum absolute atomic E-state index is 12.0. The molecule has 6 nitrogen and oxygen atoms in total. The third-order valence-corrected chi connectivity index (χ3v) is 3.20. The Bertz CT molecular complexity index is 700. The van der Waals surface area contributed by atoms with Gasteiger partial charge in [0.05, 0.1) is 7.11 Å². The number of aromatic nitrogens is 3. The highest BCUT2D eigenvalue weighted by Gasteiger charge is 2.33. The first-order chi connectivity index (χ1) is 9.74. The number of methoxy groups -OCH3 is 1. The molecule has 0 aliphatic carbocycles. The van der Waals surface area contributed by atoms with Gasteiger partial charge < -0.3 is 4.74 Å². The molecule has 0 aromatic carbocycles. The molecule has 0 N–H and O–H groups in total. The van der Waals surface area contributed by atoms with Crippen LogP contribution in [0.25, 0.3) is 5.82 Å². The minimum atomic E-state index is -2.11. The number of hydrogen-bond donors (Lipinski definition) is 0. The lowest BCUT2D eigenvalue weighted by Gasteiger charge is -2.06. The Morgan fingerprint density at radius 1 is 1.33 bits per heavy atom. The molecule has 2 aromatic rings. The normalized spacial score (nSPS) is 11.5. The number of hydrogen-bond acceptors (Lipinski definition) is 4. The van der Waals surface area contributed by atoms with Gasteiger partial charge in [-0.3, -0.25) is 14.0 Å². The molecule has 9 heteroatoms. The third kappa shape index (κ3) is 3.23. The van der Waals surface area contributed by atoms with Gasteiger partial charge in [-0.15, -0.1) is 0 Å². The number of ether oxygens (including phenoxy) is 1. The molecule has 0 radical (unpaired) electrons. The Morgan fingerprint density at radius 2 is 2.00 bits per heavy atom. The minimum Gasteiger partial charge on any atom is -0.464 e. The number of carbonyl (C=O) groups excluding carboxylic acids is 2. The van der Waals surface area contributed by atoms with Crippen molar-refractivity contribution in [2.45, 2.75) is 3.79 Å². The second-order valence-corrected chi connectivity index (χ2v) is 6.43. The van der Waals surface area contributed by atoms with Crippen molar-refractivity contribution in [1.29, 1.82) is 0 Å². The monoisotopic (exact) mass is 349 g/mol. The lowest BCUT2D eigenvalue weighted by Crippen LogP contribution is -2.18.